The Bertz CT molecular complexity index is 1630. The Labute approximate surface area is 342 Å². The SMILES string of the molecule is C=C[N+](C)(C)CCCCC(NC(=O)c1ccc(-c2ccc(CCCC)cc2)cc1)C(=O)NC(C(=O)NC(N)C(=O)NC(CCCCN)C(=O)NC(N)B(O)O)C(C)O. The van der Waals surface area contributed by atoms with Crippen molar-refractivity contribution in [1.82, 2.24) is 26.6 Å². The molecule has 0 fully saturated rings. The minimum Gasteiger partial charge on any atom is -0.425 e. The number of nitrogens with two attached hydrogens (primary N) is 3. The monoisotopic (exact) mass is 811 g/mol. The summed E-state index contributed by atoms with van der Waals surface area (Å²) in [6, 6.07) is 9.82. The molecule has 58 heavy (non-hydrogen) atoms. The Kier molecular flexibility index (Phi) is 21.3. The van der Waals surface area contributed by atoms with E-state index in [0.717, 1.165) is 36.9 Å². The summed E-state index contributed by atoms with van der Waals surface area (Å²) >= 11 is 0. The highest BCUT2D eigenvalue weighted by Crippen LogP contribution is 2.21. The first-order valence-corrected chi connectivity index (χ1v) is 19.9. The summed E-state index contributed by atoms with van der Waals surface area (Å²) in [4.78, 5) is 66.4. The first-order valence-electron chi connectivity index (χ1n) is 19.9. The zero-order chi connectivity index (χ0) is 43.4. The summed E-state index contributed by atoms with van der Waals surface area (Å²) in [5.41, 5.74) is 20.5. The van der Waals surface area contributed by atoms with E-state index in [4.69, 9.17) is 17.2 Å². The van der Waals surface area contributed by atoms with Crippen molar-refractivity contribution in [2.75, 3.05) is 27.2 Å². The van der Waals surface area contributed by atoms with Crippen LogP contribution in [0.4, 0.5) is 0 Å². The highest BCUT2D eigenvalue weighted by atomic mass is 16.4. The second-order valence-electron chi connectivity index (χ2n) is 15.1. The van der Waals surface area contributed by atoms with E-state index < -0.39 is 73.1 Å². The van der Waals surface area contributed by atoms with Crippen LogP contribution in [0.15, 0.2) is 61.3 Å². The van der Waals surface area contributed by atoms with E-state index in [1.165, 1.54) is 12.5 Å². The zero-order valence-corrected chi connectivity index (χ0v) is 34.3. The molecule has 0 spiro atoms. The van der Waals surface area contributed by atoms with Gasteiger partial charge in [0.15, 0.2) is 6.17 Å². The molecule has 5 amide bonds. The topological polar surface area (TPSA) is 284 Å². The van der Waals surface area contributed by atoms with Crippen molar-refractivity contribution in [2.24, 2.45) is 17.2 Å². The average molecular weight is 811 g/mol. The molecule has 320 valence electrons. The molecule has 0 aliphatic rings. The average Bonchev–Trinajstić information content (AvgIpc) is 3.19. The van der Waals surface area contributed by atoms with Crippen molar-refractivity contribution in [2.45, 2.75) is 108 Å². The summed E-state index contributed by atoms with van der Waals surface area (Å²) < 4.78 is 0.535. The third-order valence-corrected chi connectivity index (χ3v) is 9.70. The van der Waals surface area contributed by atoms with Crippen LogP contribution in [0.1, 0.15) is 81.1 Å². The predicted molar refractivity (Wildman–Crippen MR) is 224 cm³/mol. The molecule has 18 heteroatoms. The van der Waals surface area contributed by atoms with E-state index in [-0.39, 0.29) is 12.8 Å². The number of hydrogen-bond acceptors (Lipinski definition) is 11. The van der Waals surface area contributed by atoms with Gasteiger partial charge >= 0.3 is 7.12 Å². The number of aryl methyl sites for hydroxylation is 1. The van der Waals surface area contributed by atoms with Gasteiger partial charge in [0.05, 0.1) is 32.9 Å². The number of rotatable bonds is 26. The van der Waals surface area contributed by atoms with Gasteiger partial charge in [0.2, 0.25) is 17.7 Å². The molecule has 0 aromatic heterocycles. The molecule has 14 N–H and O–H groups in total. The summed E-state index contributed by atoms with van der Waals surface area (Å²) in [7, 11) is 1.90. The van der Waals surface area contributed by atoms with E-state index in [1.54, 1.807) is 18.3 Å². The highest BCUT2D eigenvalue weighted by molar-refractivity contribution is 6.43. The molecule has 6 atom stereocenters. The van der Waals surface area contributed by atoms with Crippen LogP contribution in [-0.4, -0.2) is 120 Å². The summed E-state index contributed by atoms with van der Waals surface area (Å²) in [5.74, 6) is -4.09. The Hall–Kier alpha value is -4.69. The third kappa shape index (κ3) is 17.0. The van der Waals surface area contributed by atoms with Crippen LogP contribution in [0, 0.1) is 0 Å². The zero-order valence-electron chi connectivity index (χ0n) is 34.3. The van der Waals surface area contributed by atoms with Gasteiger partial charge in [0.25, 0.3) is 11.8 Å². The van der Waals surface area contributed by atoms with E-state index >= 15 is 0 Å². The Morgan fingerprint density at radius 3 is 1.84 bits per heavy atom. The van der Waals surface area contributed by atoms with E-state index in [0.29, 0.717) is 42.3 Å². The van der Waals surface area contributed by atoms with E-state index in [1.807, 2.05) is 38.4 Å². The number of benzene rings is 2. The normalized spacial score (nSPS) is 14.4. The number of carbonyl (C=O) groups is 5. The second-order valence-corrected chi connectivity index (χ2v) is 15.1. The molecule has 0 saturated heterocycles. The van der Waals surface area contributed by atoms with Crippen LogP contribution < -0.4 is 43.8 Å². The van der Waals surface area contributed by atoms with Gasteiger partial charge in [-0.3, -0.25) is 24.0 Å². The molecule has 17 nitrogen and oxygen atoms in total. The Morgan fingerprint density at radius 1 is 0.759 bits per heavy atom. The van der Waals surface area contributed by atoms with E-state index in [2.05, 4.69) is 52.2 Å². The van der Waals surface area contributed by atoms with E-state index in [9.17, 15) is 39.1 Å². The second kappa shape index (κ2) is 24.9. The van der Waals surface area contributed by atoms with Gasteiger partial charge < -0.3 is 63.4 Å². The van der Waals surface area contributed by atoms with Gasteiger partial charge in [-0.1, -0.05) is 49.7 Å². The highest BCUT2D eigenvalue weighted by Gasteiger charge is 2.33. The van der Waals surface area contributed by atoms with Crippen molar-refractivity contribution in [3.63, 3.8) is 0 Å². The number of aliphatic hydroxyl groups excluding tert-OH is 1. The predicted octanol–water partition coefficient (Wildman–Crippen LogP) is -0.522. The smallest absolute Gasteiger partial charge is 0.425 e. The number of amides is 5. The maximum atomic E-state index is 13.8. The minimum absolute atomic E-state index is 0.0877. The molecule has 6 unspecified atom stereocenters. The van der Waals surface area contributed by atoms with Gasteiger partial charge in [0.1, 0.15) is 24.2 Å². The molecule has 0 radical (unpaired) electrons. The molecule has 0 bridgehead atoms. The number of hydrogen-bond donors (Lipinski definition) is 11. The first-order chi connectivity index (χ1) is 27.4. The van der Waals surface area contributed by atoms with Gasteiger partial charge in [0, 0.05) is 5.56 Å². The number of nitrogens with one attached hydrogen (secondary N) is 5. The maximum absolute atomic E-state index is 13.8. The summed E-state index contributed by atoms with van der Waals surface area (Å²) in [5, 5.41) is 41.2. The van der Waals surface area contributed by atoms with Crippen LogP contribution in [0.25, 0.3) is 11.1 Å². The standard InChI is InChI=1S/C40H64BN9O8/c1-6-8-13-27-16-18-28(19-17-27)29-20-22-30(23-21-29)35(52)45-31(15-10-12-25-50(4,5)7-2)36(53)47-33(26(3)51)38(55)48-34(43)39(56)46-32(14-9-11-24-42)37(54)49-40(44)41(57)58/h7,16-23,26,31-34,40,51,57-58H,2,6,8-15,24-25,42-44H2,1,3-5H3,(H4-,45,46,47,48,49,52,53,54,55,56)/p+1. The fraction of sp³-hybridized carbons (Fsp3) is 0.525. The fourth-order valence-corrected chi connectivity index (χ4v) is 5.86. The first kappa shape index (κ1) is 49.5. The van der Waals surface area contributed by atoms with Gasteiger partial charge in [-0.15, -0.1) is 0 Å². The van der Waals surface area contributed by atoms with Crippen LogP contribution in [-0.2, 0) is 25.6 Å². The lowest BCUT2D eigenvalue weighted by Crippen LogP contribution is -2.63. The summed E-state index contributed by atoms with van der Waals surface area (Å²) in [6.07, 6.45) is 4.27. The van der Waals surface area contributed by atoms with Crippen LogP contribution in [0.3, 0.4) is 0 Å². The van der Waals surface area contributed by atoms with Crippen molar-refractivity contribution in [1.29, 1.82) is 0 Å². The van der Waals surface area contributed by atoms with Gasteiger partial charge in [-0.05, 0) is 100 Å². The third-order valence-electron chi connectivity index (χ3n) is 9.70. The maximum Gasteiger partial charge on any atom is 0.490 e. The summed E-state index contributed by atoms with van der Waals surface area (Å²) in [6.45, 7) is 8.30. The molecule has 0 heterocycles. The van der Waals surface area contributed by atoms with Gasteiger partial charge in [-0.2, -0.15) is 0 Å². The molecule has 0 aliphatic heterocycles. The lowest BCUT2D eigenvalue weighted by atomic mass is 9.86. The van der Waals surface area contributed by atoms with Crippen LogP contribution in [0.5, 0.6) is 0 Å². The molecule has 2 rings (SSSR count). The molecule has 2 aromatic rings. The van der Waals surface area contributed by atoms with Crippen molar-refractivity contribution >= 4 is 36.7 Å². The molecular weight excluding hydrogens is 745 g/mol. The van der Waals surface area contributed by atoms with Crippen molar-refractivity contribution in [3.8, 4) is 11.1 Å². The largest absolute Gasteiger partial charge is 0.490 e. The number of nitrogens with zero attached hydrogens (tertiary/aromatic N) is 1. The minimum atomic E-state index is -2.06. The number of quaternary nitrogens is 1. The molecule has 0 aliphatic carbocycles. The number of unbranched alkanes of at least 4 members (excludes halogenated alkanes) is 3. The molecule has 2 aromatic carbocycles. The Balaban J connectivity index is 2.19. The quantitative estimate of drug-likeness (QED) is 0.0249. The lowest BCUT2D eigenvalue weighted by molar-refractivity contribution is -0.838. The molecule has 0 saturated carbocycles. The fourth-order valence-electron chi connectivity index (χ4n) is 5.86. The molecular formula is C40H65BN9O8+. The van der Waals surface area contributed by atoms with Gasteiger partial charge in [-0.25, -0.2) is 0 Å². The van der Waals surface area contributed by atoms with Crippen LogP contribution in [0.2, 0.25) is 0 Å². The lowest BCUT2D eigenvalue weighted by Gasteiger charge is -2.27. The van der Waals surface area contributed by atoms with Crippen molar-refractivity contribution < 1.29 is 43.6 Å². The number of aliphatic hydroxyl groups is 1. The number of carbonyl (C=O) groups excluding carboxylic acids is 5. The Morgan fingerprint density at radius 2 is 1.31 bits per heavy atom. The van der Waals surface area contributed by atoms with Crippen LogP contribution >= 0.6 is 0 Å². The van der Waals surface area contributed by atoms with Crippen molar-refractivity contribution in [3.05, 3.63) is 72.4 Å².